The number of aryl methyl sites for hydroxylation is 1. The van der Waals surface area contributed by atoms with Crippen molar-refractivity contribution < 1.29 is 9.90 Å². The quantitative estimate of drug-likeness (QED) is 0.808. The van der Waals surface area contributed by atoms with Crippen LogP contribution in [0.15, 0.2) is 35.0 Å². The monoisotopic (exact) mass is 310 g/mol. The summed E-state index contributed by atoms with van der Waals surface area (Å²) in [5.74, 6) is 0. The third kappa shape index (κ3) is 3.72. The molecule has 0 bridgehead atoms. The normalized spacial score (nSPS) is 11.9. The average Bonchev–Trinajstić information content (AvgIpc) is 2.95. The lowest BCUT2D eigenvalue weighted by Crippen LogP contribution is -2.32. The molecule has 3 N–H and O–H groups in total. The Morgan fingerprint density at radius 1 is 1.45 bits per heavy atom. The molecule has 2 aromatic rings. The molecule has 0 aliphatic carbocycles. The number of benzene rings is 1. The van der Waals surface area contributed by atoms with Gasteiger partial charge in [-0.1, -0.05) is 23.7 Å². The van der Waals surface area contributed by atoms with Gasteiger partial charge in [0.25, 0.3) is 0 Å². The van der Waals surface area contributed by atoms with E-state index >= 15 is 0 Å². The predicted octanol–water partition coefficient (Wildman–Crippen LogP) is 3.57. The Bertz CT molecular complexity index is 587. The molecule has 0 radical (unpaired) electrons. The highest BCUT2D eigenvalue weighted by Crippen LogP contribution is 2.24. The minimum Gasteiger partial charge on any atom is -0.387 e. The summed E-state index contributed by atoms with van der Waals surface area (Å²) in [7, 11) is 0. The highest BCUT2D eigenvalue weighted by Gasteiger charge is 2.11. The predicted molar refractivity (Wildman–Crippen MR) is 82.5 cm³/mol. The number of thiophene rings is 1. The lowest BCUT2D eigenvalue weighted by atomic mass is 10.2. The Kier molecular flexibility index (Phi) is 5.00. The molecule has 1 unspecified atom stereocenters. The number of anilines is 1. The van der Waals surface area contributed by atoms with Crippen LogP contribution in [0.5, 0.6) is 0 Å². The van der Waals surface area contributed by atoms with E-state index in [1.807, 2.05) is 35.9 Å². The number of aliphatic hydroxyl groups is 1. The van der Waals surface area contributed by atoms with E-state index in [4.69, 9.17) is 11.6 Å². The van der Waals surface area contributed by atoms with Gasteiger partial charge in [-0.05, 0) is 40.9 Å². The molecule has 2 rings (SSSR count). The van der Waals surface area contributed by atoms with Gasteiger partial charge in [0.2, 0.25) is 0 Å². The highest BCUT2D eigenvalue weighted by atomic mass is 35.5. The van der Waals surface area contributed by atoms with E-state index in [9.17, 15) is 9.90 Å². The number of carbonyl (C=O) groups is 1. The van der Waals surface area contributed by atoms with Gasteiger partial charge >= 0.3 is 6.03 Å². The summed E-state index contributed by atoms with van der Waals surface area (Å²) in [6, 6.07) is 6.84. The van der Waals surface area contributed by atoms with Gasteiger partial charge in [-0.2, -0.15) is 11.3 Å². The van der Waals surface area contributed by atoms with Crippen molar-refractivity contribution in [2.24, 2.45) is 0 Å². The Labute approximate surface area is 126 Å². The van der Waals surface area contributed by atoms with E-state index in [-0.39, 0.29) is 6.54 Å². The van der Waals surface area contributed by atoms with Crippen LogP contribution >= 0.6 is 22.9 Å². The molecule has 6 heteroatoms. The summed E-state index contributed by atoms with van der Waals surface area (Å²) in [5.41, 5.74) is 2.24. The Morgan fingerprint density at radius 2 is 2.25 bits per heavy atom. The number of carbonyl (C=O) groups excluding carboxylic acids is 1. The number of nitrogens with one attached hydrogen (secondary N) is 2. The largest absolute Gasteiger partial charge is 0.387 e. The van der Waals surface area contributed by atoms with Crippen molar-refractivity contribution in [3.63, 3.8) is 0 Å². The van der Waals surface area contributed by atoms with Crippen LogP contribution in [0.25, 0.3) is 0 Å². The fourth-order valence-corrected chi connectivity index (χ4v) is 2.56. The van der Waals surface area contributed by atoms with Crippen LogP contribution in [0.2, 0.25) is 5.02 Å². The third-order valence-electron chi connectivity index (χ3n) is 2.82. The lowest BCUT2D eigenvalue weighted by Gasteiger charge is -2.13. The van der Waals surface area contributed by atoms with Crippen molar-refractivity contribution in [2.45, 2.75) is 13.0 Å². The van der Waals surface area contributed by atoms with Crippen molar-refractivity contribution in [1.82, 2.24) is 5.32 Å². The van der Waals surface area contributed by atoms with E-state index in [1.54, 1.807) is 6.07 Å². The van der Waals surface area contributed by atoms with E-state index in [0.717, 1.165) is 11.1 Å². The van der Waals surface area contributed by atoms with Gasteiger partial charge < -0.3 is 15.7 Å². The summed E-state index contributed by atoms with van der Waals surface area (Å²) < 4.78 is 0. The number of urea groups is 1. The number of aliphatic hydroxyl groups excluding tert-OH is 1. The molecule has 20 heavy (non-hydrogen) atoms. The van der Waals surface area contributed by atoms with Gasteiger partial charge in [0.05, 0.1) is 16.8 Å². The van der Waals surface area contributed by atoms with Crippen molar-refractivity contribution in [2.75, 3.05) is 11.9 Å². The van der Waals surface area contributed by atoms with Crippen molar-refractivity contribution in [1.29, 1.82) is 0 Å². The maximum Gasteiger partial charge on any atom is 0.319 e. The topological polar surface area (TPSA) is 61.4 Å². The van der Waals surface area contributed by atoms with Crippen molar-refractivity contribution >= 4 is 34.7 Å². The summed E-state index contributed by atoms with van der Waals surface area (Å²) in [6.07, 6.45) is -0.708. The molecule has 0 fully saturated rings. The van der Waals surface area contributed by atoms with Gasteiger partial charge in [-0.25, -0.2) is 4.79 Å². The number of rotatable bonds is 4. The molecule has 0 aliphatic heterocycles. The second-order valence-corrected chi connectivity index (χ2v) is 5.50. The summed E-state index contributed by atoms with van der Waals surface area (Å²) >= 11 is 7.59. The van der Waals surface area contributed by atoms with E-state index in [2.05, 4.69) is 10.6 Å². The molecule has 0 saturated carbocycles. The fourth-order valence-electron chi connectivity index (χ4n) is 1.68. The van der Waals surface area contributed by atoms with Crippen LogP contribution in [0.4, 0.5) is 10.5 Å². The Balaban J connectivity index is 1.88. The van der Waals surface area contributed by atoms with E-state index in [0.29, 0.717) is 10.7 Å². The maximum absolute atomic E-state index is 11.8. The number of amides is 2. The summed E-state index contributed by atoms with van der Waals surface area (Å²) in [6.45, 7) is 2.01. The van der Waals surface area contributed by atoms with Gasteiger partial charge in [-0.3, -0.25) is 0 Å². The van der Waals surface area contributed by atoms with E-state index in [1.165, 1.54) is 11.3 Å². The molecule has 4 nitrogen and oxygen atoms in total. The first-order chi connectivity index (χ1) is 9.58. The van der Waals surface area contributed by atoms with Crippen LogP contribution in [-0.2, 0) is 0 Å². The molecule has 106 valence electrons. The molecule has 0 saturated heterocycles. The summed E-state index contributed by atoms with van der Waals surface area (Å²) in [5, 5.41) is 19.4. The maximum atomic E-state index is 11.8. The zero-order chi connectivity index (χ0) is 14.5. The lowest BCUT2D eigenvalue weighted by molar-refractivity contribution is 0.175. The molecule has 1 atom stereocenters. The average molecular weight is 311 g/mol. The molecular weight excluding hydrogens is 296 g/mol. The Morgan fingerprint density at radius 3 is 2.95 bits per heavy atom. The molecule has 1 heterocycles. The van der Waals surface area contributed by atoms with Crippen molar-refractivity contribution in [3.8, 4) is 0 Å². The molecule has 0 aliphatic rings. The van der Waals surface area contributed by atoms with Crippen LogP contribution in [0.1, 0.15) is 17.2 Å². The van der Waals surface area contributed by atoms with Crippen LogP contribution < -0.4 is 10.6 Å². The Hall–Kier alpha value is -1.56. The second kappa shape index (κ2) is 6.74. The van der Waals surface area contributed by atoms with Gasteiger partial charge in [-0.15, -0.1) is 0 Å². The van der Waals surface area contributed by atoms with Crippen LogP contribution in [0.3, 0.4) is 0 Å². The first kappa shape index (κ1) is 14.8. The standard InChI is InChI=1S/C14H15ClN2O2S/c1-9-3-2-4-11(13(9)15)17-14(19)16-7-12(18)10-5-6-20-8-10/h2-6,8,12,18H,7H2,1H3,(H2,16,17,19). The van der Waals surface area contributed by atoms with Gasteiger partial charge in [0.1, 0.15) is 0 Å². The first-order valence-corrected chi connectivity index (χ1v) is 7.40. The minimum absolute atomic E-state index is 0.145. The van der Waals surface area contributed by atoms with E-state index < -0.39 is 12.1 Å². The minimum atomic E-state index is -0.708. The smallest absolute Gasteiger partial charge is 0.319 e. The molecule has 1 aromatic heterocycles. The van der Waals surface area contributed by atoms with Crippen LogP contribution in [0, 0.1) is 6.92 Å². The van der Waals surface area contributed by atoms with Crippen molar-refractivity contribution in [3.05, 3.63) is 51.2 Å². The molecule has 1 aromatic carbocycles. The zero-order valence-corrected chi connectivity index (χ0v) is 12.5. The zero-order valence-electron chi connectivity index (χ0n) is 10.9. The summed E-state index contributed by atoms with van der Waals surface area (Å²) in [4.78, 5) is 11.8. The number of halogens is 1. The number of hydrogen-bond donors (Lipinski definition) is 3. The highest BCUT2D eigenvalue weighted by molar-refractivity contribution is 7.07. The van der Waals surface area contributed by atoms with Gasteiger partial charge in [0.15, 0.2) is 0 Å². The second-order valence-electron chi connectivity index (χ2n) is 4.34. The van der Waals surface area contributed by atoms with Gasteiger partial charge in [0, 0.05) is 6.54 Å². The van der Waals surface area contributed by atoms with Crippen LogP contribution in [-0.4, -0.2) is 17.7 Å². The fraction of sp³-hybridized carbons (Fsp3) is 0.214. The first-order valence-electron chi connectivity index (χ1n) is 6.08. The number of hydrogen-bond acceptors (Lipinski definition) is 3. The third-order valence-corrected chi connectivity index (χ3v) is 4.03. The SMILES string of the molecule is Cc1cccc(NC(=O)NCC(O)c2ccsc2)c1Cl. The molecule has 2 amide bonds. The molecular formula is C14H15ClN2O2S. The molecule has 0 spiro atoms.